The Morgan fingerprint density at radius 2 is 2.00 bits per heavy atom. The quantitative estimate of drug-likeness (QED) is 0.659. The molecule has 0 bridgehead atoms. The minimum absolute atomic E-state index is 0.00752. The van der Waals surface area contributed by atoms with Gasteiger partial charge in [0.1, 0.15) is 0 Å². The van der Waals surface area contributed by atoms with Crippen LogP contribution in [0.15, 0.2) is 23.1 Å². The van der Waals surface area contributed by atoms with Gasteiger partial charge in [-0.15, -0.1) is 0 Å². The van der Waals surface area contributed by atoms with Crippen molar-refractivity contribution in [1.29, 1.82) is 0 Å². The lowest BCUT2D eigenvalue weighted by Crippen LogP contribution is -2.62. The predicted molar refractivity (Wildman–Crippen MR) is 121 cm³/mol. The fraction of sp³-hybridized carbons (Fsp3) is 0.542. The number of hydrogen-bond donors (Lipinski definition) is 1. The lowest BCUT2D eigenvalue weighted by atomic mass is 9.56. The molecule has 9 heteroatoms. The van der Waals surface area contributed by atoms with E-state index in [4.69, 9.17) is 11.6 Å². The molecule has 2 aliphatic heterocycles. The second-order valence-corrected chi connectivity index (χ2v) is 10.4. The molecule has 1 amide bonds. The summed E-state index contributed by atoms with van der Waals surface area (Å²) in [5.74, 6) is 0.627. The number of amides is 1. The Kier molecular flexibility index (Phi) is 5.77. The van der Waals surface area contributed by atoms with Crippen LogP contribution in [0.3, 0.4) is 0 Å². The van der Waals surface area contributed by atoms with Crippen molar-refractivity contribution in [3.05, 3.63) is 61.5 Å². The maximum Gasteiger partial charge on any atom is 0.273 e. The summed E-state index contributed by atoms with van der Waals surface area (Å²) in [6.45, 7) is 3.55. The molecule has 0 radical (unpaired) electrons. The van der Waals surface area contributed by atoms with Crippen LogP contribution in [0.2, 0.25) is 5.02 Å². The van der Waals surface area contributed by atoms with Crippen molar-refractivity contribution in [2.75, 3.05) is 26.7 Å². The summed E-state index contributed by atoms with van der Waals surface area (Å²) in [5.41, 5.74) is 2.47. The van der Waals surface area contributed by atoms with Crippen LogP contribution < -0.4 is 5.56 Å². The average Bonchev–Trinajstić information content (AvgIpc) is 3.01. The molecule has 6 nitrogen and oxygen atoms in total. The summed E-state index contributed by atoms with van der Waals surface area (Å²) in [7, 11) is 1.81. The second kappa shape index (κ2) is 8.47. The molecule has 0 unspecified atom stereocenters. The number of hydrogen-bond acceptors (Lipinski definition) is 4. The number of nitrogens with zero attached hydrogens (tertiary/aromatic N) is 3. The number of halogens is 3. The number of H-pyrrole nitrogens is 1. The van der Waals surface area contributed by atoms with Gasteiger partial charge >= 0.3 is 0 Å². The highest BCUT2D eigenvalue weighted by atomic mass is 35.5. The monoisotopic (exact) mass is 476 g/mol. The number of benzene rings is 1. The molecule has 176 valence electrons. The highest BCUT2D eigenvalue weighted by molar-refractivity contribution is 6.34. The third-order valence-corrected chi connectivity index (χ3v) is 7.82. The summed E-state index contributed by atoms with van der Waals surface area (Å²) >= 11 is 6.28. The van der Waals surface area contributed by atoms with Crippen molar-refractivity contribution < 1.29 is 13.6 Å². The van der Waals surface area contributed by atoms with Gasteiger partial charge in [-0.25, -0.2) is 13.9 Å². The summed E-state index contributed by atoms with van der Waals surface area (Å²) in [4.78, 5) is 28.1. The van der Waals surface area contributed by atoms with Crippen LogP contribution in [0.5, 0.6) is 0 Å². The molecule has 3 heterocycles. The van der Waals surface area contributed by atoms with Gasteiger partial charge in [-0.05, 0) is 72.7 Å². The molecule has 2 fully saturated rings. The first-order valence-corrected chi connectivity index (χ1v) is 11.8. The van der Waals surface area contributed by atoms with E-state index in [1.165, 1.54) is 24.6 Å². The summed E-state index contributed by atoms with van der Waals surface area (Å²) in [6, 6.07) is 3.92. The zero-order valence-electron chi connectivity index (χ0n) is 18.5. The highest BCUT2D eigenvalue weighted by Gasteiger charge is 2.51. The molecule has 5 rings (SSSR count). The van der Waals surface area contributed by atoms with Gasteiger partial charge in [0.15, 0.2) is 0 Å². The van der Waals surface area contributed by atoms with E-state index >= 15 is 0 Å². The number of carbonyl (C=O) groups excluding carboxylic acids is 1. The molecule has 1 aromatic heterocycles. The summed E-state index contributed by atoms with van der Waals surface area (Å²) < 4.78 is 26.3. The van der Waals surface area contributed by atoms with Crippen LogP contribution in [-0.4, -0.2) is 52.6 Å². The maximum atomic E-state index is 13.1. The molecule has 1 spiro atoms. The summed E-state index contributed by atoms with van der Waals surface area (Å²) in [6.07, 6.45) is 3.05. The Bertz CT molecular complexity index is 1140. The lowest BCUT2D eigenvalue weighted by Gasteiger charge is -2.59. The average molecular weight is 477 g/mol. The number of aromatic amines is 1. The second-order valence-electron chi connectivity index (χ2n) is 9.95. The third-order valence-electron chi connectivity index (χ3n) is 7.50. The van der Waals surface area contributed by atoms with E-state index in [9.17, 15) is 18.4 Å². The number of fused-ring (bicyclic) bond motifs is 1. The van der Waals surface area contributed by atoms with Gasteiger partial charge < -0.3 is 9.80 Å². The van der Waals surface area contributed by atoms with Crippen LogP contribution in [0, 0.1) is 11.3 Å². The Morgan fingerprint density at radius 1 is 1.24 bits per heavy atom. The Hall–Kier alpha value is -2.32. The molecule has 1 saturated carbocycles. The number of alkyl halides is 2. The van der Waals surface area contributed by atoms with E-state index in [0.29, 0.717) is 40.4 Å². The van der Waals surface area contributed by atoms with E-state index in [-0.39, 0.29) is 5.91 Å². The van der Waals surface area contributed by atoms with E-state index in [0.717, 1.165) is 38.0 Å². The SMILES string of the molecule is CN1Cc2c(CC3CC4(C3)CN(CCCc3cn[nH]c(=O)c3C(F)F)C4)ccc(Cl)c2C1=O. The molecular weight excluding hydrogens is 450 g/mol. The Balaban J connectivity index is 1.10. The van der Waals surface area contributed by atoms with Gasteiger partial charge in [0, 0.05) is 26.7 Å². The van der Waals surface area contributed by atoms with Gasteiger partial charge in [0.2, 0.25) is 0 Å². The minimum atomic E-state index is -2.79. The standard InChI is InChI=1S/C24H27ClF2N4O2/c1-30-11-17-15(4-5-18(25)20(17)23(30)33)7-14-8-24(9-14)12-31(13-24)6-2-3-16-10-28-29-22(32)19(16)21(26)27/h4-5,10,14,21H,2-3,6-9,11-13H2,1H3,(H,29,32). The maximum absolute atomic E-state index is 13.1. The van der Waals surface area contributed by atoms with Crippen LogP contribution in [0.4, 0.5) is 8.78 Å². The fourth-order valence-electron chi connectivity index (χ4n) is 6.08. The van der Waals surface area contributed by atoms with Crippen LogP contribution in [0.1, 0.15) is 58.3 Å². The van der Waals surface area contributed by atoms with Crippen molar-refractivity contribution in [3.63, 3.8) is 0 Å². The first kappa shape index (κ1) is 22.5. The van der Waals surface area contributed by atoms with E-state index < -0.39 is 17.5 Å². The molecule has 3 aliphatic rings. The predicted octanol–water partition coefficient (Wildman–Crippen LogP) is 3.83. The molecule has 0 atom stereocenters. The zero-order valence-corrected chi connectivity index (χ0v) is 19.3. The van der Waals surface area contributed by atoms with Gasteiger partial charge in [0.05, 0.1) is 22.3 Å². The van der Waals surface area contributed by atoms with Crippen molar-refractivity contribution in [1.82, 2.24) is 20.0 Å². The van der Waals surface area contributed by atoms with Crippen molar-refractivity contribution in [2.24, 2.45) is 11.3 Å². The number of aromatic nitrogens is 2. The molecule has 1 N–H and O–H groups in total. The number of carbonyl (C=O) groups is 1. The molecule has 1 aliphatic carbocycles. The van der Waals surface area contributed by atoms with Crippen LogP contribution in [-0.2, 0) is 19.4 Å². The Morgan fingerprint density at radius 3 is 2.73 bits per heavy atom. The van der Waals surface area contributed by atoms with Crippen molar-refractivity contribution in [3.8, 4) is 0 Å². The van der Waals surface area contributed by atoms with E-state index in [1.807, 2.05) is 13.1 Å². The molecular formula is C24H27ClF2N4O2. The van der Waals surface area contributed by atoms with Gasteiger partial charge in [-0.2, -0.15) is 5.10 Å². The van der Waals surface area contributed by atoms with Crippen LogP contribution >= 0.6 is 11.6 Å². The normalized spacial score (nSPS) is 19.8. The highest BCUT2D eigenvalue weighted by Crippen LogP contribution is 2.53. The van der Waals surface area contributed by atoms with Gasteiger partial charge in [-0.1, -0.05) is 17.7 Å². The molecule has 1 aromatic carbocycles. The first-order valence-electron chi connectivity index (χ1n) is 11.4. The summed E-state index contributed by atoms with van der Waals surface area (Å²) in [5, 5.41) is 6.30. The van der Waals surface area contributed by atoms with Crippen molar-refractivity contribution in [2.45, 2.75) is 45.1 Å². The number of aryl methyl sites for hydroxylation is 1. The van der Waals surface area contributed by atoms with E-state index in [2.05, 4.69) is 21.2 Å². The smallest absolute Gasteiger partial charge is 0.273 e. The number of rotatable bonds is 7. The van der Waals surface area contributed by atoms with Gasteiger partial charge in [-0.3, -0.25) is 9.59 Å². The van der Waals surface area contributed by atoms with E-state index in [1.54, 1.807) is 4.90 Å². The zero-order chi connectivity index (χ0) is 23.3. The Labute approximate surface area is 195 Å². The molecule has 2 aromatic rings. The minimum Gasteiger partial charge on any atom is -0.337 e. The largest absolute Gasteiger partial charge is 0.337 e. The topological polar surface area (TPSA) is 69.3 Å². The van der Waals surface area contributed by atoms with Gasteiger partial charge in [0.25, 0.3) is 17.9 Å². The molecule has 1 saturated heterocycles. The molecule has 33 heavy (non-hydrogen) atoms. The number of likely N-dealkylation sites (tertiary alicyclic amines) is 1. The third kappa shape index (κ3) is 4.08. The lowest BCUT2D eigenvalue weighted by molar-refractivity contribution is -0.0937. The number of nitrogens with one attached hydrogen (secondary N) is 1. The fourth-order valence-corrected chi connectivity index (χ4v) is 6.34. The van der Waals surface area contributed by atoms with Crippen LogP contribution in [0.25, 0.3) is 0 Å². The first-order chi connectivity index (χ1) is 15.8. The van der Waals surface area contributed by atoms with Crippen molar-refractivity contribution >= 4 is 17.5 Å².